The van der Waals surface area contributed by atoms with Crippen LogP contribution in [-0.2, 0) is 6.42 Å². The quantitative estimate of drug-likeness (QED) is 0.774. The van der Waals surface area contributed by atoms with Gasteiger partial charge in [0.15, 0.2) is 0 Å². The number of rotatable bonds is 8. The van der Waals surface area contributed by atoms with Crippen molar-refractivity contribution in [1.29, 1.82) is 0 Å². The number of nitrogens with one attached hydrogen (secondary N) is 1. The van der Waals surface area contributed by atoms with Crippen molar-refractivity contribution in [2.75, 3.05) is 6.61 Å². The first-order valence-electron chi connectivity index (χ1n) is 7.75. The van der Waals surface area contributed by atoms with Crippen LogP contribution >= 0.6 is 0 Å². The monoisotopic (exact) mass is 283 g/mol. The Labute approximate surface area is 127 Å². The van der Waals surface area contributed by atoms with Crippen molar-refractivity contribution in [3.8, 4) is 0 Å². The summed E-state index contributed by atoms with van der Waals surface area (Å²) in [6, 6.07) is 21.9. The van der Waals surface area contributed by atoms with Crippen LogP contribution in [0.15, 0.2) is 60.7 Å². The Bertz CT molecular complexity index is 497. The smallest absolute Gasteiger partial charge is 0.0431 e. The highest BCUT2D eigenvalue weighted by atomic mass is 16.2. The Kier molecular flexibility index (Phi) is 6.45. The van der Waals surface area contributed by atoms with Crippen molar-refractivity contribution >= 4 is 0 Å². The largest absolute Gasteiger partial charge is 0.396 e. The minimum atomic E-state index is 0.265. The molecule has 0 saturated carbocycles. The lowest BCUT2D eigenvalue weighted by Crippen LogP contribution is -2.32. The van der Waals surface area contributed by atoms with E-state index in [9.17, 15) is 0 Å². The minimum Gasteiger partial charge on any atom is -0.396 e. The number of benzene rings is 2. The molecule has 0 radical (unpaired) electrons. The summed E-state index contributed by atoms with van der Waals surface area (Å²) in [6.45, 7) is 2.46. The van der Waals surface area contributed by atoms with Gasteiger partial charge in [-0.25, -0.2) is 0 Å². The molecule has 2 aromatic rings. The predicted octanol–water partition coefficient (Wildman–Crippen LogP) is 3.72. The van der Waals surface area contributed by atoms with E-state index in [0.717, 1.165) is 19.3 Å². The zero-order valence-electron chi connectivity index (χ0n) is 12.7. The molecule has 0 aliphatic rings. The molecule has 0 spiro atoms. The van der Waals surface area contributed by atoms with E-state index in [4.69, 9.17) is 5.11 Å². The molecule has 2 atom stereocenters. The average molecular weight is 283 g/mol. The molecule has 2 nitrogen and oxygen atoms in total. The summed E-state index contributed by atoms with van der Waals surface area (Å²) in [7, 11) is 0. The average Bonchev–Trinajstić information content (AvgIpc) is 2.54. The molecule has 112 valence electrons. The third-order valence-corrected chi connectivity index (χ3v) is 3.77. The lowest BCUT2D eigenvalue weighted by Gasteiger charge is -2.24. The van der Waals surface area contributed by atoms with Crippen LogP contribution in [0.25, 0.3) is 0 Å². The first-order valence-corrected chi connectivity index (χ1v) is 7.75. The SMILES string of the molecule is CC(CCCO)NC(Cc1ccccc1)c1ccccc1. The standard InChI is InChI=1S/C19H25NO/c1-16(9-8-14-21)20-19(18-12-6-3-7-13-18)15-17-10-4-2-5-11-17/h2-7,10-13,16,19-21H,8-9,14-15H2,1H3. The van der Waals surface area contributed by atoms with E-state index in [2.05, 4.69) is 72.9 Å². The lowest BCUT2D eigenvalue weighted by atomic mass is 9.97. The summed E-state index contributed by atoms with van der Waals surface area (Å²) in [5, 5.41) is 12.7. The van der Waals surface area contributed by atoms with Crippen LogP contribution in [0.4, 0.5) is 0 Å². The third kappa shape index (κ3) is 5.33. The molecule has 2 aromatic carbocycles. The number of aliphatic hydroxyl groups excluding tert-OH is 1. The van der Waals surface area contributed by atoms with Gasteiger partial charge in [0.2, 0.25) is 0 Å². The highest BCUT2D eigenvalue weighted by Gasteiger charge is 2.14. The van der Waals surface area contributed by atoms with Gasteiger partial charge < -0.3 is 10.4 Å². The second-order valence-electron chi connectivity index (χ2n) is 5.59. The molecule has 2 unspecified atom stereocenters. The Morgan fingerprint density at radius 2 is 1.57 bits per heavy atom. The maximum absolute atomic E-state index is 8.97. The van der Waals surface area contributed by atoms with E-state index in [1.165, 1.54) is 11.1 Å². The van der Waals surface area contributed by atoms with E-state index in [0.29, 0.717) is 12.1 Å². The summed E-state index contributed by atoms with van der Waals surface area (Å²) in [5.41, 5.74) is 2.66. The fourth-order valence-corrected chi connectivity index (χ4v) is 2.63. The van der Waals surface area contributed by atoms with Crippen LogP contribution in [0.2, 0.25) is 0 Å². The van der Waals surface area contributed by atoms with Gasteiger partial charge in [-0.3, -0.25) is 0 Å². The molecule has 0 aliphatic carbocycles. The Morgan fingerprint density at radius 1 is 0.952 bits per heavy atom. The molecule has 0 amide bonds. The highest BCUT2D eigenvalue weighted by molar-refractivity contribution is 5.23. The van der Waals surface area contributed by atoms with Crippen molar-refractivity contribution in [2.24, 2.45) is 0 Å². The summed E-state index contributed by atoms with van der Waals surface area (Å²) >= 11 is 0. The van der Waals surface area contributed by atoms with Gasteiger partial charge in [-0.15, -0.1) is 0 Å². The maximum atomic E-state index is 8.97. The fourth-order valence-electron chi connectivity index (χ4n) is 2.63. The molecule has 0 heterocycles. The molecule has 2 N–H and O–H groups in total. The summed E-state index contributed by atoms with van der Waals surface area (Å²) in [5.74, 6) is 0. The van der Waals surface area contributed by atoms with Gasteiger partial charge in [0.05, 0.1) is 0 Å². The number of hydrogen-bond donors (Lipinski definition) is 2. The van der Waals surface area contributed by atoms with Gasteiger partial charge >= 0.3 is 0 Å². The van der Waals surface area contributed by atoms with Crippen molar-refractivity contribution in [3.63, 3.8) is 0 Å². The van der Waals surface area contributed by atoms with Crippen LogP contribution in [0.5, 0.6) is 0 Å². The number of aliphatic hydroxyl groups is 1. The van der Waals surface area contributed by atoms with E-state index in [1.807, 2.05) is 0 Å². The second-order valence-corrected chi connectivity index (χ2v) is 5.59. The van der Waals surface area contributed by atoms with E-state index >= 15 is 0 Å². The Morgan fingerprint density at radius 3 is 2.19 bits per heavy atom. The van der Waals surface area contributed by atoms with Crippen molar-refractivity contribution < 1.29 is 5.11 Å². The molecule has 21 heavy (non-hydrogen) atoms. The van der Waals surface area contributed by atoms with Gasteiger partial charge in [-0.2, -0.15) is 0 Å². The highest BCUT2D eigenvalue weighted by Crippen LogP contribution is 2.19. The van der Waals surface area contributed by atoms with Crippen LogP contribution in [0, 0.1) is 0 Å². The Hall–Kier alpha value is -1.64. The van der Waals surface area contributed by atoms with Crippen LogP contribution in [-0.4, -0.2) is 17.8 Å². The van der Waals surface area contributed by atoms with Gasteiger partial charge in [-0.1, -0.05) is 60.7 Å². The van der Waals surface area contributed by atoms with Crippen LogP contribution in [0.3, 0.4) is 0 Å². The summed E-state index contributed by atoms with van der Waals surface area (Å²) in [4.78, 5) is 0. The molecular weight excluding hydrogens is 258 g/mol. The third-order valence-electron chi connectivity index (χ3n) is 3.77. The summed E-state index contributed by atoms with van der Waals surface area (Å²) in [6.07, 6.45) is 2.82. The van der Waals surface area contributed by atoms with Crippen molar-refractivity contribution in [2.45, 2.75) is 38.3 Å². The zero-order valence-corrected chi connectivity index (χ0v) is 12.7. The molecule has 0 fully saturated rings. The topological polar surface area (TPSA) is 32.3 Å². The van der Waals surface area contributed by atoms with Gasteiger partial charge in [0.25, 0.3) is 0 Å². The first kappa shape index (κ1) is 15.7. The van der Waals surface area contributed by atoms with Crippen LogP contribution in [0.1, 0.15) is 36.9 Å². The van der Waals surface area contributed by atoms with E-state index in [1.54, 1.807) is 0 Å². The fraction of sp³-hybridized carbons (Fsp3) is 0.368. The van der Waals surface area contributed by atoms with Crippen molar-refractivity contribution in [1.82, 2.24) is 5.32 Å². The normalized spacial score (nSPS) is 13.8. The molecule has 0 aromatic heterocycles. The van der Waals surface area contributed by atoms with Gasteiger partial charge in [-0.05, 0) is 37.3 Å². The molecule has 0 aliphatic heterocycles. The first-order chi connectivity index (χ1) is 10.3. The Balaban J connectivity index is 2.07. The van der Waals surface area contributed by atoms with E-state index in [-0.39, 0.29) is 6.61 Å². The molecule has 2 rings (SSSR count). The summed E-state index contributed by atoms with van der Waals surface area (Å²) < 4.78 is 0. The molecule has 0 saturated heterocycles. The number of hydrogen-bond acceptors (Lipinski definition) is 2. The van der Waals surface area contributed by atoms with Gasteiger partial charge in [0, 0.05) is 18.7 Å². The lowest BCUT2D eigenvalue weighted by molar-refractivity contribution is 0.273. The predicted molar refractivity (Wildman–Crippen MR) is 88.2 cm³/mol. The van der Waals surface area contributed by atoms with E-state index < -0.39 is 0 Å². The zero-order chi connectivity index (χ0) is 14.9. The molecule has 2 heteroatoms. The molecular formula is C19H25NO. The van der Waals surface area contributed by atoms with Crippen LogP contribution < -0.4 is 5.32 Å². The van der Waals surface area contributed by atoms with Crippen molar-refractivity contribution in [3.05, 3.63) is 71.8 Å². The minimum absolute atomic E-state index is 0.265. The maximum Gasteiger partial charge on any atom is 0.0431 e. The second kappa shape index (κ2) is 8.60. The molecule has 0 bridgehead atoms. The van der Waals surface area contributed by atoms with Gasteiger partial charge in [0.1, 0.15) is 0 Å².